The molecular formula is C28H45N7O5S3. The predicted octanol–water partition coefficient (Wildman–Crippen LogP) is 4.53. The van der Waals surface area contributed by atoms with E-state index in [-0.39, 0.29) is 33.2 Å². The number of furan rings is 1. The van der Waals surface area contributed by atoms with Gasteiger partial charge in [-0.1, -0.05) is 13.8 Å². The summed E-state index contributed by atoms with van der Waals surface area (Å²) in [5, 5.41) is 15.3. The van der Waals surface area contributed by atoms with Crippen LogP contribution in [0.15, 0.2) is 31.3 Å². The summed E-state index contributed by atoms with van der Waals surface area (Å²) in [5.41, 5.74) is 0.813. The summed E-state index contributed by atoms with van der Waals surface area (Å²) < 4.78 is 52.5. The van der Waals surface area contributed by atoms with Crippen molar-refractivity contribution in [1.29, 1.82) is 0 Å². The summed E-state index contributed by atoms with van der Waals surface area (Å²) in [6.45, 7) is 15.0. The number of rotatable bonds is 12. The van der Waals surface area contributed by atoms with Gasteiger partial charge in [-0.25, -0.2) is 13.4 Å². The molecule has 0 spiro atoms. The van der Waals surface area contributed by atoms with Crippen LogP contribution in [-0.2, 0) is 16.4 Å². The maximum atomic E-state index is 13.1. The van der Waals surface area contributed by atoms with Crippen molar-refractivity contribution >= 4 is 44.0 Å². The first kappa shape index (κ1) is 33.6. The molecule has 4 rings (SSSR count). The highest BCUT2D eigenvalue weighted by atomic mass is 32.2. The van der Waals surface area contributed by atoms with Crippen molar-refractivity contribution < 1.29 is 22.5 Å². The first-order chi connectivity index (χ1) is 20.2. The molecule has 0 radical (unpaired) electrons. The second-order valence-corrected chi connectivity index (χ2v) is 16.4. The Bertz CT molecular complexity index is 1530. The van der Waals surface area contributed by atoms with Gasteiger partial charge in [0.05, 0.1) is 12.0 Å². The molecule has 0 aromatic carbocycles. The molecule has 15 heteroatoms. The molecule has 1 unspecified atom stereocenters. The van der Waals surface area contributed by atoms with Gasteiger partial charge in [-0.2, -0.15) is 4.31 Å². The molecule has 0 saturated carbocycles. The molecule has 43 heavy (non-hydrogen) atoms. The van der Waals surface area contributed by atoms with Crippen molar-refractivity contribution in [3.05, 3.63) is 34.5 Å². The average Bonchev–Trinajstić information content (AvgIpc) is 3.64. The molecule has 3 aromatic rings. The standard InChI is InChI=1S/C28H45N7O5S3/c1-19(2)23(22-16-20(17-40-22)10-8-9-11-35-14-12-33(6)13-15-35)30-26-25(31-42(37)32-26)29-21-18-41-27(24(21)36)43(38,39)34(7)28(3,4)5/h16-19,23,36H,8-15H2,1-7H3,(H,29,31)(H,30,32)/t23-,42?/m1/s1. The third-order valence-corrected chi connectivity index (χ3v) is 12.1. The van der Waals surface area contributed by atoms with Crippen LogP contribution in [0.1, 0.15) is 64.8 Å². The zero-order chi connectivity index (χ0) is 31.5. The second kappa shape index (κ2) is 13.8. The van der Waals surface area contributed by atoms with Crippen molar-refractivity contribution in [2.75, 3.05) is 52.1 Å². The molecule has 0 bridgehead atoms. The quantitative estimate of drug-likeness (QED) is 0.189. The van der Waals surface area contributed by atoms with Gasteiger partial charge in [0, 0.05) is 48.5 Å². The molecule has 12 nitrogen and oxygen atoms in total. The summed E-state index contributed by atoms with van der Waals surface area (Å²) in [4.78, 5) is 9.70. The highest BCUT2D eigenvalue weighted by Crippen LogP contribution is 2.41. The minimum absolute atomic E-state index is 0.0556. The van der Waals surface area contributed by atoms with Gasteiger partial charge in [-0.05, 0) is 71.2 Å². The Hall–Kier alpha value is -2.27. The number of hydrogen-bond donors (Lipinski definition) is 3. The van der Waals surface area contributed by atoms with Gasteiger partial charge in [-0.15, -0.1) is 15.7 Å². The molecule has 0 amide bonds. The van der Waals surface area contributed by atoms with Crippen LogP contribution in [0.4, 0.5) is 11.5 Å². The lowest BCUT2D eigenvalue weighted by molar-refractivity contribution is 0.152. The van der Waals surface area contributed by atoms with Crippen molar-refractivity contribution in [3.8, 4) is 5.75 Å². The van der Waals surface area contributed by atoms with Crippen LogP contribution in [0.5, 0.6) is 5.75 Å². The van der Waals surface area contributed by atoms with Crippen LogP contribution in [-0.4, -0.2) is 93.3 Å². The van der Waals surface area contributed by atoms with Gasteiger partial charge >= 0.3 is 0 Å². The summed E-state index contributed by atoms with van der Waals surface area (Å²) in [5.74, 6) is 0.470. The molecule has 4 heterocycles. The number of aromatic nitrogens is 2. The lowest BCUT2D eigenvalue weighted by Crippen LogP contribution is -2.44. The summed E-state index contributed by atoms with van der Waals surface area (Å²) >= 11 is -0.886. The lowest BCUT2D eigenvalue weighted by Gasteiger charge is -2.32. The SMILES string of the molecule is CC(C)[C@@H](N=c1[nH][s+]([O-])nc1Nc1csc(S(=O)(=O)N(C)C(C)(C)C)c1O)c1cc(CCCCN2CCN(C)CC2)co1. The topological polar surface area (TPSA) is 153 Å². The van der Waals surface area contributed by atoms with Crippen LogP contribution in [0.2, 0.25) is 0 Å². The molecule has 1 aliphatic rings. The number of sulfonamides is 1. The number of aromatic amines is 1. The normalized spacial score (nSPS) is 17.3. The zero-order valence-corrected chi connectivity index (χ0v) is 28.5. The Morgan fingerprint density at radius 2 is 1.98 bits per heavy atom. The summed E-state index contributed by atoms with van der Waals surface area (Å²) in [6.07, 6.45) is 4.91. The number of aromatic hydroxyl groups is 1. The second-order valence-electron chi connectivity index (χ2n) is 12.5. The van der Waals surface area contributed by atoms with E-state index in [0.29, 0.717) is 5.76 Å². The Balaban J connectivity index is 1.48. The van der Waals surface area contributed by atoms with Gasteiger partial charge < -0.3 is 29.2 Å². The van der Waals surface area contributed by atoms with E-state index in [0.717, 1.165) is 68.9 Å². The predicted molar refractivity (Wildman–Crippen MR) is 170 cm³/mol. The molecule has 3 N–H and O–H groups in total. The van der Waals surface area contributed by atoms with Crippen molar-refractivity contribution in [2.24, 2.45) is 10.9 Å². The number of unbranched alkanes of at least 4 members (excludes halogenated alkanes) is 1. The van der Waals surface area contributed by atoms with E-state index in [9.17, 15) is 18.1 Å². The van der Waals surface area contributed by atoms with Crippen LogP contribution < -0.4 is 10.8 Å². The van der Waals surface area contributed by atoms with Crippen molar-refractivity contribution in [1.82, 2.24) is 22.9 Å². The fourth-order valence-corrected chi connectivity index (χ4v) is 8.33. The largest absolute Gasteiger partial charge is 0.548 e. The van der Waals surface area contributed by atoms with Crippen LogP contribution in [0, 0.1) is 5.92 Å². The number of hydrogen-bond acceptors (Lipinski definition) is 11. The molecule has 240 valence electrons. The van der Waals surface area contributed by atoms with Gasteiger partial charge in [-0.3, -0.25) is 0 Å². The molecule has 1 saturated heterocycles. The van der Waals surface area contributed by atoms with Crippen molar-refractivity contribution in [2.45, 2.75) is 69.7 Å². The fourth-order valence-electron chi connectivity index (χ4n) is 4.76. The Morgan fingerprint density at radius 1 is 1.28 bits per heavy atom. The zero-order valence-electron chi connectivity index (χ0n) is 26.1. The third kappa shape index (κ3) is 8.26. The number of nitrogens with one attached hydrogen (secondary N) is 2. The van der Waals surface area contributed by atoms with Crippen LogP contribution >= 0.6 is 22.5 Å². The molecule has 1 fully saturated rings. The van der Waals surface area contributed by atoms with E-state index in [1.807, 2.05) is 19.9 Å². The third-order valence-electron chi connectivity index (χ3n) is 7.76. The Labute approximate surface area is 261 Å². The number of anilines is 2. The highest BCUT2D eigenvalue weighted by Gasteiger charge is 2.34. The van der Waals surface area contributed by atoms with E-state index in [4.69, 9.17) is 9.41 Å². The maximum absolute atomic E-state index is 13.1. The van der Waals surface area contributed by atoms with E-state index in [1.165, 1.54) is 16.7 Å². The van der Waals surface area contributed by atoms with E-state index < -0.39 is 32.5 Å². The smallest absolute Gasteiger partial charge is 0.256 e. The molecular weight excluding hydrogens is 611 g/mol. The molecule has 1 aliphatic heterocycles. The first-order valence-corrected chi connectivity index (χ1v) is 18.0. The summed E-state index contributed by atoms with van der Waals surface area (Å²) in [7, 11) is -0.303. The monoisotopic (exact) mass is 655 g/mol. The van der Waals surface area contributed by atoms with Gasteiger partial charge in [0.2, 0.25) is 11.3 Å². The number of aryl methyl sites for hydroxylation is 1. The molecule has 3 aromatic heterocycles. The Morgan fingerprint density at radius 3 is 2.63 bits per heavy atom. The highest BCUT2D eigenvalue weighted by molar-refractivity contribution is 7.91. The van der Waals surface area contributed by atoms with Crippen LogP contribution in [0.25, 0.3) is 0 Å². The number of H-pyrrole nitrogens is 1. The number of thiophene rings is 1. The number of nitrogens with zero attached hydrogens (tertiary/aromatic N) is 5. The van der Waals surface area contributed by atoms with Gasteiger partial charge in [0.15, 0.2) is 21.1 Å². The summed E-state index contributed by atoms with van der Waals surface area (Å²) in [6, 6.07) is 1.66. The van der Waals surface area contributed by atoms with E-state index >= 15 is 0 Å². The fraction of sp³-hybridized carbons (Fsp3) is 0.643. The lowest BCUT2D eigenvalue weighted by atomic mass is 10.0. The Kier molecular flexibility index (Phi) is 10.8. The maximum Gasteiger partial charge on any atom is 0.256 e. The van der Waals surface area contributed by atoms with Crippen molar-refractivity contribution in [3.63, 3.8) is 0 Å². The first-order valence-electron chi connectivity index (χ1n) is 14.6. The van der Waals surface area contributed by atoms with E-state index in [2.05, 4.69) is 30.9 Å². The molecule has 2 atom stereocenters. The average molecular weight is 656 g/mol. The minimum Gasteiger partial charge on any atom is -0.548 e. The number of piperazine rings is 1. The molecule has 0 aliphatic carbocycles. The van der Waals surface area contributed by atoms with Gasteiger partial charge in [0.1, 0.15) is 11.8 Å². The van der Waals surface area contributed by atoms with Crippen LogP contribution in [0.3, 0.4) is 0 Å². The minimum atomic E-state index is -3.95. The van der Waals surface area contributed by atoms with E-state index in [1.54, 1.807) is 27.0 Å². The van der Waals surface area contributed by atoms with Gasteiger partial charge in [0.25, 0.3) is 10.0 Å². The number of likely N-dealkylation sites (N-methyl/N-ethyl adjacent to an activating group) is 1.